The lowest BCUT2D eigenvalue weighted by Crippen LogP contribution is -2.57. The summed E-state index contributed by atoms with van der Waals surface area (Å²) < 4.78 is 0. The summed E-state index contributed by atoms with van der Waals surface area (Å²) >= 11 is 18.7. The first-order chi connectivity index (χ1) is 19.8. The van der Waals surface area contributed by atoms with E-state index in [1.54, 1.807) is 24.4 Å². The van der Waals surface area contributed by atoms with Crippen molar-refractivity contribution in [3.63, 3.8) is 0 Å². The minimum atomic E-state index is -0.249. The van der Waals surface area contributed by atoms with E-state index in [1.165, 1.54) is 5.56 Å². The van der Waals surface area contributed by atoms with Crippen LogP contribution in [0.4, 0.5) is 5.82 Å². The zero-order valence-electron chi connectivity index (χ0n) is 23.0. The summed E-state index contributed by atoms with van der Waals surface area (Å²) in [5.41, 5.74) is 3.23. The van der Waals surface area contributed by atoms with Crippen LogP contribution in [0, 0.1) is 11.3 Å². The van der Waals surface area contributed by atoms with Crippen LogP contribution in [-0.2, 0) is 13.1 Å². The van der Waals surface area contributed by atoms with Gasteiger partial charge in [0, 0.05) is 51.0 Å². The summed E-state index contributed by atoms with van der Waals surface area (Å²) in [7, 11) is 0. The largest absolute Gasteiger partial charge is 0.353 e. The van der Waals surface area contributed by atoms with Gasteiger partial charge in [-0.3, -0.25) is 14.6 Å². The zero-order chi connectivity index (χ0) is 28.9. The normalized spacial score (nSPS) is 18.7. The summed E-state index contributed by atoms with van der Waals surface area (Å²) in [6, 6.07) is 18.0. The Morgan fingerprint density at radius 2 is 1.71 bits per heavy atom. The maximum absolute atomic E-state index is 12.7. The van der Waals surface area contributed by atoms with Crippen LogP contribution >= 0.6 is 34.8 Å². The number of nitriles is 1. The van der Waals surface area contributed by atoms with Crippen molar-refractivity contribution in [2.75, 3.05) is 37.6 Å². The van der Waals surface area contributed by atoms with Gasteiger partial charge in [0.1, 0.15) is 5.82 Å². The van der Waals surface area contributed by atoms with E-state index in [4.69, 9.17) is 40.1 Å². The lowest BCUT2D eigenvalue weighted by molar-refractivity contribution is 0.0690. The molecule has 214 valence electrons. The van der Waals surface area contributed by atoms with Crippen LogP contribution in [0.3, 0.4) is 0 Å². The summed E-state index contributed by atoms with van der Waals surface area (Å²) in [6.07, 6.45) is 3.88. The molecule has 7 nitrogen and oxygen atoms in total. The molecule has 2 fully saturated rings. The highest BCUT2D eigenvalue weighted by Gasteiger charge is 2.32. The van der Waals surface area contributed by atoms with Gasteiger partial charge in [-0.25, -0.2) is 4.98 Å². The lowest BCUT2D eigenvalue weighted by atomic mass is 9.99. The Morgan fingerprint density at radius 1 is 0.976 bits per heavy atom. The van der Waals surface area contributed by atoms with Crippen molar-refractivity contribution < 1.29 is 4.79 Å². The van der Waals surface area contributed by atoms with Crippen molar-refractivity contribution in [1.29, 1.82) is 5.26 Å². The number of carbonyl (C=O) groups is 1. The highest BCUT2D eigenvalue weighted by atomic mass is 35.5. The van der Waals surface area contributed by atoms with Gasteiger partial charge in [-0.15, -0.1) is 0 Å². The number of benzene rings is 2. The number of amides is 1. The van der Waals surface area contributed by atoms with E-state index in [1.807, 2.05) is 18.2 Å². The van der Waals surface area contributed by atoms with Crippen molar-refractivity contribution >= 4 is 46.5 Å². The Kier molecular flexibility index (Phi) is 9.69. The van der Waals surface area contributed by atoms with Crippen molar-refractivity contribution in [2.45, 2.75) is 44.9 Å². The van der Waals surface area contributed by atoms with Gasteiger partial charge in [0.25, 0.3) is 5.91 Å². The van der Waals surface area contributed by atoms with Gasteiger partial charge in [-0.2, -0.15) is 5.26 Å². The Bertz CT molecular complexity index is 1420. The molecule has 2 aliphatic heterocycles. The Hall–Kier alpha value is -2.86. The van der Waals surface area contributed by atoms with E-state index in [0.717, 1.165) is 63.5 Å². The third kappa shape index (κ3) is 7.32. The molecule has 1 N–H and O–H groups in total. The van der Waals surface area contributed by atoms with Gasteiger partial charge >= 0.3 is 0 Å². The number of piperazine rings is 1. The number of rotatable bonds is 7. The molecule has 0 aliphatic carbocycles. The first kappa shape index (κ1) is 29.6. The summed E-state index contributed by atoms with van der Waals surface area (Å²) in [5.74, 6) is 0.470. The number of hydrogen-bond acceptors (Lipinski definition) is 6. The van der Waals surface area contributed by atoms with Crippen molar-refractivity contribution in [3.8, 4) is 6.07 Å². The molecule has 1 atom stereocenters. The predicted molar refractivity (Wildman–Crippen MR) is 165 cm³/mol. The number of piperidine rings is 1. The van der Waals surface area contributed by atoms with Crippen LogP contribution < -0.4 is 10.2 Å². The Balaban J connectivity index is 1.11. The number of hydrogen-bond donors (Lipinski definition) is 1. The molecule has 0 radical (unpaired) electrons. The highest BCUT2D eigenvalue weighted by molar-refractivity contribution is 6.42. The van der Waals surface area contributed by atoms with Gasteiger partial charge in [-0.05, 0) is 74.3 Å². The molecule has 1 aromatic heterocycles. The van der Waals surface area contributed by atoms with Crippen molar-refractivity contribution in [2.24, 2.45) is 0 Å². The topological polar surface area (TPSA) is 75.5 Å². The quantitative estimate of drug-likeness (QED) is 0.352. The van der Waals surface area contributed by atoms with Gasteiger partial charge in [0.05, 0.1) is 32.3 Å². The molecule has 0 bridgehead atoms. The highest BCUT2D eigenvalue weighted by Crippen LogP contribution is 2.29. The number of halogens is 3. The molecule has 0 unspecified atom stereocenters. The third-order valence-electron chi connectivity index (χ3n) is 8.01. The van der Waals surface area contributed by atoms with E-state index in [0.29, 0.717) is 44.8 Å². The first-order valence-electron chi connectivity index (χ1n) is 13.9. The fraction of sp³-hybridized carbons (Fsp3) is 0.387. The standard InChI is InChI=1S/C31H33Cl3N6O/c1-21-19-39(12-13-40(21)26-8-10-38(11-9-26)20-23-4-2-22(16-35)3-5-23)30-29(34)15-25(18-36-30)31(41)37-17-24-6-7-27(32)28(33)14-24/h2-7,14-15,18,21,26H,8-13,17,19-20H2,1H3,(H,37,41)/t21-/m1/s1. The molecule has 1 amide bonds. The monoisotopic (exact) mass is 610 g/mol. The molecule has 2 saturated heterocycles. The molecule has 0 saturated carbocycles. The number of nitrogens with zero attached hydrogens (tertiary/aromatic N) is 5. The fourth-order valence-electron chi connectivity index (χ4n) is 5.78. The lowest BCUT2D eigenvalue weighted by Gasteiger charge is -2.47. The number of anilines is 1. The maximum Gasteiger partial charge on any atom is 0.253 e. The fourth-order valence-corrected chi connectivity index (χ4v) is 6.39. The minimum absolute atomic E-state index is 0.249. The molecular weight excluding hydrogens is 579 g/mol. The number of carbonyl (C=O) groups excluding carboxylic acids is 1. The van der Waals surface area contributed by atoms with Crippen molar-refractivity contribution in [1.82, 2.24) is 20.1 Å². The second-order valence-electron chi connectivity index (χ2n) is 10.8. The van der Waals surface area contributed by atoms with E-state index >= 15 is 0 Å². The van der Waals surface area contributed by atoms with Crippen LogP contribution in [0.2, 0.25) is 15.1 Å². The van der Waals surface area contributed by atoms with Crippen LogP contribution in [0.25, 0.3) is 0 Å². The molecule has 2 aromatic carbocycles. The van der Waals surface area contributed by atoms with Gasteiger partial charge < -0.3 is 10.2 Å². The van der Waals surface area contributed by atoms with Crippen LogP contribution in [0.5, 0.6) is 0 Å². The molecular formula is C31H33Cl3N6O. The molecule has 2 aliphatic rings. The van der Waals surface area contributed by atoms with E-state index in [-0.39, 0.29) is 5.91 Å². The zero-order valence-corrected chi connectivity index (χ0v) is 25.3. The van der Waals surface area contributed by atoms with Crippen molar-refractivity contribution in [3.05, 3.63) is 92.0 Å². The van der Waals surface area contributed by atoms with E-state index in [9.17, 15) is 4.79 Å². The average Bonchev–Trinajstić information content (AvgIpc) is 2.98. The first-order valence-corrected chi connectivity index (χ1v) is 15.0. The predicted octanol–water partition coefficient (Wildman–Crippen LogP) is 6.02. The molecule has 5 rings (SSSR count). The summed E-state index contributed by atoms with van der Waals surface area (Å²) in [6.45, 7) is 8.28. The molecule has 0 spiro atoms. The van der Waals surface area contributed by atoms with Crippen LogP contribution in [0.15, 0.2) is 54.7 Å². The number of likely N-dealkylation sites (tertiary alicyclic amines) is 1. The van der Waals surface area contributed by atoms with E-state index in [2.05, 4.69) is 50.1 Å². The summed E-state index contributed by atoms with van der Waals surface area (Å²) in [5, 5.41) is 13.3. The number of aromatic nitrogens is 1. The second-order valence-corrected chi connectivity index (χ2v) is 12.0. The van der Waals surface area contributed by atoms with Crippen LogP contribution in [0.1, 0.15) is 46.8 Å². The minimum Gasteiger partial charge on any atom is -0.353 e. The summed E-state index contributed by atoms with van der Waals surface area (Å²) in [4.78, 5) is 24.7. The molecule has 3 heterocycles. The number of nitrogens with one attached hydrogen (secondary N) is 1. The number of pyridine rings is 1. The Labute approximate surface area is 256 Å². The molecule has 10 heteroatoms. The SMILES string of the molecule is C[C@@H]1CN(c2ncc(C(=O)NCc3ccc(Cl)c(Cl)c3)cc2Cl)CCN1C1CCN(Cc2ccc(C#N)cc2)CC1. The third-order valence-corrected chi connectivity index (χ3v) is 9.03. The molecule has 41 heavy (non-hydrogen) atoms. The Morgan fingerprint density at radius 3 is 2.37 bits per heavy atom. The smallest absolute Gasteiger partial charge is 0.253 e. The van der Waals surface area contributed by atoms with Crippen LogP contribution in [-0.4, -0.2) is 65.5 Å². The molecule has 3 aromatic rings. The average molecular weight is 612 g/mol. The maximum atomic E-state index is 12.7. The second kappa shape index (κ2) is 13.4. The van der Waals surface area contributed by atoms with Gasteiger partial charge in [0.15, 0.2) is 0 Å². The van der Waals surface area contributed by atoms with E-state index < -0.39 is 0 Å². The van der Waals surface area contributed by atoms with Gasteiger partial charge in [0.2, 0.25) is 0 Å². The van der Waals surface area contributed by atoms with Gasteiger partial charge in [-0.1, -0.05) is 53.0 Å².